The summed E-state index contributed by atoms with van der Waals surface area (Å²) in [6, 6.07) is 16.0. The molecule has 170 valence electrons. The van der Waals surface area contributed by atoms with Crippen molar-refractivity contribution in [3.8, 4) is 0 Å². The maximum atomic E-state index is 13.6. The molecule has 1 saturated heterocycles. The Bertz CT molecular complexity index is 1220. The largest absolute Gasteiger partial charge is 0.364 e. The number of hydrogen-bond donors (Lipinski definition) is 1. The molecule has 0 saturated carbocycles. The quantitative estimate of drug-likeness (QED) is 0.594. The zero-order chi connectivity index (χ0) is 22.9. The van der Waals surface area contributed by atoms with Crippen LogP contribution in [0.3, 0.4) is 0 Å². The van der Waals surface area contributed by atoms with Crippen LogP contribution in [-0.4, -0.2) is 70.8 Å². The number of H-pyrrole nitrogens is 1. The van der Waals surface area contributed by atoms with Gasteiger partial charge in [-0.05, 0) is 37.1 Å². The highest BCUT2D eigenvalue weighted by Gasteiger charge is 2.41. The average molecular weight is 443 g/mol. The Kier molecular flexibility index (Phi) is 5.77. The van der Waals surface area contributed by atoms with E-state index in [1.54, 1.807) is 0 Å². The molecule has 2 amide bonds. The highest BCUT2D eigenvalue weighted by molar-refractivity contribution is 6.35. The van der Waals surface area contributed by atoms with Gasteiger partial charge >= 0.3 is 0 Å². The molecule has 1 N–H and O–H groups in total. The molecule has 2 aliphatic heterocycles. The number of nitrogens with one attached hydrogen (secondary N) is 1. The minimum atomic E-state index is -0.184. The number of carbonyl (C=O) groups excluding carboxylic acids is 2. The highest BCUT2D eigenvalue weighted by Crippen LogP contribution is 2.33. The van der Waals surface area contributed by atoms with E-state index in [9.17, 15) is 9.59 Å². The summed E-state index contributed by atoms with van der Waals surface area (Å²) in [5.41, 5.74) is 5.25. The summed E-state index contributed by atoms with van der Waals surface area (Å²) in [6.07, 6.45) is 2.61. The molecular weight excluding hydrogens is 412 g/mol. The molecule has 0 radical (unpaired) electrons. The number of hydrogen-bond acceptors (Lipinski definition) is 4. The lowest BCUT2D eigenvalue weighted by molar-refractivity contribution is -0.137. The maximum absolute atomic E-state index is 13.6. The molecule has 6 nitrogen and oxygen atoms in total. The van der Waals surface area contributed by atoms with Crippen LogP contribution in [0.1, 0.15) is 23.6 Å². The molecule has 0 spiro atoms. The molecule has 3 aromatic rings. The van der Waals surface area contributed by atoms with Crippen molar-refractivity contribution in [1.29, 1.82) is 0 Å². The van der Waals surface area contributed by atoms with Crippen molar-refractivity contribution in [2.75, 3.05) is 39.3 Å². The topological polar surface area (TPSA) is 59.6 Å². The number of piperazine rings is 1. The van der Waals surface area contributed by atoms with Crippen molar-refractivity contribution in [3.63, 3.8) is 0 Å². The minimum absolute atomic E-state index is 0.166. The van der Waals surface area contributed by atoms with E-state index in [1.807, 2.05) is 55.6 Å². The summed E-state index contributed by atoms with van der Waals surface area (Å²) in [5.74, 6) is -0.350. The van der Waals surface area contributed by atoms with Crippen LogP contribution in [0.15, 0.2) is 60.4 Å². The molecule has 2 aromatic carbocycles. The van der Waals surface area contributed by atoms with E-state index in [-0.39, 0.29) is 11.8 Å². The third-order valence-corrected chi connectivity index (χ3v) is 6.90. The van der Waals surface area contributed by atoms with E-state index in [2.05, 4.69) is 27.8 Å². The van der Waals surface area contributed by atoms with Gasteiger partial charge in [-0.1, -0.05) is 55.0 Å². The van der Waals surface area contributed by atoms with Crippen LogP contribution in [0.5, 0.6) is 0 Å². The molecule has 0 bridgehead atoms. The third-order valence-electron chi connectivity index (χ3n) is 6.90. The fourth-order valence-electron chi connectivity index (χ4n) is 4.90. The molecule has 5 rings (SSSR count). The van der Waals surface area contributed by atoms with Crippen LogP contribution >= 0.6 is 0 Å². The predicted molar refractivity (Wildman–Crippen MR) is 131 cm³/mol. The maximum Gasteiger partial charge on any atom is 0.277 e. The number of imide groups is 1. The Morgan fingerprint density at radius 3 is 2.36 bits per heavy atom. The fourth-order valence-corrected chi connectivity index (χ4v) is 4.90. The van der Waals surface area contributed by atoms with Crippen molar-refractivity contribution in [1.82, 2.24) is 19.7 Å². The molecule has 3 heterocycles. The average Bonchev–Trinajstić information content (AvgIpc) is 3.36. The van der Waals surface area contributed by atoms with Crippen molar-refractivity contribution in [2.24, 2.45) is 0 Å². The van der Waals surface area contributed by atoms with E-state index >= 15 is 0 Å². The Morgan fingerprint density at radius 2 is 1.64 bits per heavy atom. The summed E-state index contributed by atoms with van der Waals surface area (Å²) in [7, 11) is 0. The van der Waals surface area contributed by atoms with Gasteiger partial charge in [0.2, 0.25) is 0 Å². The zero-order valence-corrected chi connectivity index (χ0v) is 19.3. The Balaban J connectivity index is 1.44. The Hall–Kier alpha value is -3.38. The molecule has 0 atom stereocenters. The van der Waals surface area contributed by atoms with Gasteiger partial charge in [-0.15, -0.1) is 0 Å². The third kappa shape index (κ3) is 3.95. The standard InChI is InChI=1S/C27H30N4O2/c1-3-29-14-16-30(17-15-29)25-24(20-10-8-19(2)9-11-20)26(32)31(27(25)33)13-12-21-18-28-23-7-5-4-6-22(21)23/h4-11,18,28H,3,12-17H2,1-2H3. The molecule has 1 fully saturated rings. The van der Waals surface area contributed by atoms with Gasteiger partial charge in [0.05, 0.1) is 5.57 Å². The van der Waals surface area contributed by atoms with Gasteiger partial charge in [0, 0.05) is 49.8 Å². The number of carbonyl (C=O) groups is 2. The normalized spacial score (nSPS) is 17.6. The van der Waals surface area contributed by atoms with Crippen molar-refractivity contribution in [3.05, 3.63) is 77.1 Å². The van der Waals surface area contributed by atoms with E-state index in [4.69, 9.17) is 0 Å². The van der Waals surface area contributed by atoms with Gasteiger partial charge in [-0.2, -0.15) is 0 Å². The SMILES string of the molecule is CCN1CCN(C2=C(c3ccc(C)cc3)C(=O)N(CCc3c[nH]c4ccccc34)C2=O)CC1. The van der Waals surface area contributed by atoms with Crippen LogP contribution in [0.25, 0.3) is 16.5 Å². The number of para-hydroxylation sites is 1. The molecule has 0 unspecified atom stereocenters. The van der Waals surface area contributed by atoms with Crippen LogP contribution in [-0.2, 0) is 16.0 Å². The number of benzene rings is 2. The minimum Gasteiger partial charge on any atom is -0.364 e. The number of aromatic amines is 1. The lowest BCUT2D eigenvalue weighted by Crippen LogP contribution is -2.47. The summed E-state index contributed by atoms with van der Waals surface area (Å²) in [6.45, 7) is 8.87. The highest BCUT2D eigenvalue weighted by atomic mass is 16.2. The van der Waals surface area contributed by atoms with Gasteiger partial charge in [0.15, 0.2) is 0 Å². The second-order valence-corrected chi connectivity index (χ2v) is 8.88. The number of nitrogens with zero attached hydrogens (tertiary/aromatic N) is 3. The van der Waals surface area contributed by atoms with Crippen molar-refractivity contribution < 1.29 is 9.59 Å². The van der Waals surface area contributed by atoms with E-state index in [0.717, 1.165) is 60.3 Å². The number of fused-ring (bicyclic) bond motifs is 1. The van der Waals surface area contributed by atoms with Crippen LogP contribution < -0.4 is 0 Å². The number of likely N-dealkylation sites (N-methyl/N-ethyl adjacent to an activating group) is 1. The summed E-state index contributed by atoms with van der Waals surface area (Å²) in [5, 5.41) is 1.14. The summed E-state index contributed by atoms with van der Waals surface area (Å²) >= 11 is 0. The molecule has 0 aliphatic carbocycles. The van der Waals surface area contributed by atoms with E-state index in [1.165, 1.54) is 4.90 Å². The molecule has 1 aromatic heterocycles. The summed E-state index contributed by atoms with van der Waals surface area (Å²) in [4.78, 5) is 36.4. The van der Waals surface area contributed by atoms with Crippen LogP contribution in [0.4, 0.5) is 0 Å². The summed E-state index contributed by atoms with van der Waals surface area (Å²) < 4.78 is 0. The van der Waals surface area contributed by atoms with Gasteiger partial charge in [-0.25, -0.2) is 0 Å². The number of aromatic nitrogens is 1. The Morgan fingerprint density at radius 1 is 0.909 bits per heavy atom. The fraction of sp³-hybridized carbons (Fsp3) is 0.333. The first kappa shape index (κ1) is 21.5. The van der Waals surface area contributed by atoms with Crippen molar-refractivity contribution >= 4 is 28.3 Å². The second kappa shape index (κ2) is 8.87. The lowest BCUT2D eigenvalue weighted by Gasteiger charge is -2.36. The predicted octanol–water partition coefficient (Wildman–Crippen LogP) is 3.44. The zero-order valence-electron chi connectivity index (χ0n) is 19.3. The van der Waals surface area contributed by atoms with Crippen LogP contribution in [0, 0.1) is 6.92 Å². The lowest BCUT2D eigenvalue weighted by atomic mass is 10.0. The van der Waals surface area contributed by atoms with Crippen LogP contribution in [0.2, 0.25) is 0 Å². The first-order valence-electron chi connectivity index (χ1n) is 11.8. The molecule has 2 aliphatic rings. The van der Waals surface area contributed by atoms with Crippen molar-refractivity contribution in [2.45, 2.75) is 20.3 Å². The number of aryl methyl sites for hydroxylation is 1. The van der Waals surface area contributed by atoms with E-state index in [0.29, 0.717) is 24.2 Å². The Labute approximate surface area is 194 Å². The first-order chi connectivity index (χ1) is 16.1. The number of amides is 2. The number of rotatable bonds is 6. The second-order valence-electron chi connectivity index (χ2n) is 8.88. The molecule has 33 heavy (non-hydrogen) atoms. The molecular formula is C27H30N4O2. The van der Waals surface area contributed by atoms with Gasteiger partial charge in [0.1, 0.15) is 5.70 Å². The van der Waals surface area contributed by atoms with Gasteiger partial charge in [-0.3, -0.25) is 14.5 Å². The van der Waals surface area contributed by atoms with Gasteiger partial charge in [0.25, 0.3) is 11.8 Å². The van der Waals surface area contributed by atoms with E-state index < -0.39 is 0 Å². The smallest absolute Gasteiger partial charge is 0.277 e. The first-order valence-corrected chi connectivity index (χ1v) is 11.8. The monoisotopic (exact) mass is 442 g/mol. The molecule has 6 heteroatoms. The van der Waals surface area contributed by atoms with Gasteiger partial charge < -0.3 is 14.8 Å².